The number of pyridine rings is 1. The molecule has 120 valence electrons. The van der Waals surface area contributed by atoms with Crippen molar-refractivity contribution in [2.45, 2.75) is 25.8 Å². The molecule has 0 bridgehead atoms. The summed E-state index contributed by atoms with van der Waals surface area (Å²) in [4.78, 5) is 19.7. The average Bonchev–Trinajstić information content (AvgIpc) is 2.96. The SMILES string of the molecule is Cc1nc(N2CCCC2CN2CCOCC2)ccc1[N+](=O)[O-]. The van der Waals surface area contributed by atoms with Crippen molar-refractivity contribution in [1.82, 2.24) is 9.88 Å². The highest BCUT2D eigenvalue weighted by Crippen LogP contribution is 2.27. The minimum absolute atomic E-state index is 0.0904. The van der Waals surface area contributed by atoms with Gasteiger partial charge >= 0.3 is 0 Å². The van der Waals surface area contributed by atoms with Gasteiger partial charge in [0.05, 0.1) is 18.1 Å². The van der Waals surface area contributed by atoms with Crippen LogP contribution in [0.15, 0.2) is 12.1 Å². The van der Waals surface area contributed by atoms with E-state index >= 15 is 0 Å². The Labute approximate surface area is 130 Å². The maximum atomic E-state index is 10.9. The second-order valence-corrected chi connectivity index (χ2v) is 5.93. The standard InChI is InChI=1S/C15H22N4O3/c1-12-14(19(20)21)4-5-15(16-12)18-6-2-3-13(18)11-17-7-9-22-10-8-17/h4-5,13H,2-3,6-11H2,1H3. The maximum Gasteiger partial charge on any atom is 0.290 e. The van der Waals surface area contributed by atoms with Crippen LogP contribution in [0.4, 0.5) is 11.5 Å². The molecule has 1 unspecified atom stereocenters. The van der Waals surface area contributed by atoms with E-state index in [0.717, 1.165) is 58.1 Å². The number of aryl methyl sites for hydroxylation is 1. The number of nitro groups is 1. The van der Waals surface area contributed by atoms with Gasteiger partial charge in [-0.05, 0) is 25.8 Å². The van der Waals surface area contributed by atoms with Crippen LogP contribution in [0.25, 0.3) is 0 Å². The zero-order valence-corrected chi connectivity index (χ0v) is 12.9. The third kappa shape index (κ3) is 3.20. The Balaban J connectivity index is 1.72. The highest BCUT2D eigenvalue weighted by Gasteiger charge is 2.28. The predicted octanol–water partition coefficient (Wildman–Crippen LogP) is 1.60. The molecule has 0 saturated carbocycles. The Morgan fingerprint density at radius 1 is 1.36 bits per heavy atom. The lowest BCUT2D eigenvalue weighted by Crippen LogP contribution is -2.45. The van der Waals surface area contributed by atoms with E-state index in [9.17, 15) is 10.1 Å². The van der Waals surface area contributed by atoms with Gasteiger partial charge in [0, 0.05) is 38.3 Å². The van der Waals surface area contributed by atoms with E-state index in [4.69, 9.17) is 4.74 Å². The van der Waals surface area contributed by atoms with Crippen molar-refractivity contribution >= 4 is 11.5 Å². The number of ether oxygens (including phenoxy) is 1. The molecular formula is C15H22N4O3. The molecule has 3 rings (SSSR count). The van der Waals surface area contributed by atoms with Crippen molar-refractivity contribution in [3.8, 4) is 0 Å². The number of nitrogens with zero attached hydrogens (tertiary/aromatic N) is 4. The van der Waals surface area contributed by atoms with Crippen molar-refractivity contribution in [3.63, 3.8) is 0 Å². The van der Waals surface area contributed by atoms with Gasteiger partial charge in [0.2, 0.25) is 0 Å². The first-order valence-corrected chi connectivity index (χ1v) is 7.84. The van der Waals surface area contributed by atoms with Crippen LogP contribution < -0.4 is 4.90 Å². The van der Waals surface area contributed by atoms with Gasteiger partial charge in [-0.15, -0.1) is 0 Å². The zero-order chi connectivity index (χ0) is 15.5. The maximum absolute atomic E-state index is 10.9. The summed E-state index contributed by atoms with van der Waals surface area (Å²) in [5, 5.41) is 10.9. The van der Waals surface area contributed by atoms with Crippen LogP contribution in [0.2, 0.25) is 0 Å². The second kappa shape index (κ2) is 6.58. The molecule has 1 aromatic heterocycles. The molecule has 0 aliphatic carbocycles. The summed E-state index contributed by atoms with van der Waals surface area (Å²) in [6, 6.07) is 3.79. The van der Waals surface area contributed by atoms with Gasteiger partial charge in [0.1, 0.15) is 11.5 Å². The van der Waals surface area contributed by atoms with E-state index in [1.54, 1.807) is 19.1 Å². The molecule has 1 aromatic rings. The highest BCUT2D eigenvalue weighted by atomic mass is 16.6. The number of morpholine rings is 1. The Morgan fingerprint density at radius 3 is 2.82 bits per heavy atom. The van der Waals surface area contributed by atoms with Crippen LogP contribution in [-0.2, 0) is 4.74 Å². The molecule has 2 saturated heterocycles. The van der Waals surface area contributed by atoms with Gasteiger partial charge < -0.3 is 9.64 Å². The lowest BCUT2D eigenvalue weighted by molar-refractivity contribution is -0.385. The molecule has 0 aromatic carbocycles. The van der Waals surface area contributed by atoms with Crippen molar-refractivity contribution in [3.05, 3.63) is 27.9 Å². The van der Waals surface area contributed by atoms with Crippen molar-refractivity contribution in [2.75, 3.05) is 44.3 Å². The Morgan fingerprint density at radius 2 is 2.14 bits per heavy atom. The van der Waals surface area contributed by atoms with Crippen molar-refractivity contribution < 1.29 is 9.66 Å². The summed E-state index contributed by atoms with van der Waals surface area (Å²) in [6.45, 7) is 7.27. The number of anilines is 1. The monoisotopic (exact) mass is 306 g/mol. The largest absolute Gasteiger partial charge is 0.379 e. The van der Waals surface area contributed by atoms with E-state index < -0.39 is 0 Å². The molecule has 2 aliphatic heterocycles. The summed E-state index contributed by atoms with van der Waals surface area (Å²) in [5.41, 5.74) is 0.576. The van der Waals surface area contributed by atoms with Crippen LogP contribution in [0.3, 0.4) is 0 Å². The molecule has 1 atom stereocenters. The number of rotatable bonds is 4. The topological polar surface area (TPSA) is 71.7 Å². The van der Waals surface area contributed by atoms with E-state index in [0.29, 0.717) is 11.7 Å². The zero-order valence-electron chi connectivity index (χ0n) is 12.9. The van der Waals surface area contributed by atoms with Gasteiger partial charge in [0.15, 0.2) is 0 Å². The molecule has 0 spiro atoms. The summed E-state index contributed by atoms with van der Waals surface area (Å²) < 4.78 is 5.40. The van der Waals surface area contributed by atoms with Crippen molar-refractivity contribution in [2.24, 2.45) is 0 Å². The first kappa shape index (κ1) is 15.2. The lowest BCUT2D eigenvalue weighted by atomic mass is 10.2. The first-order chi connectivity index (χ1) is 10.6. The highest BCUT2D eigenvalue weighted by molar-refractivity contribution is 5.48. The van der Waals surface area contributed by atoms with E-state index in [1.165, 1.54) is 0 Å². The van der Waals surface area contributed by atoms with Gasteiger partial charge in [-0.25, -0.2) is 4.98 Å². The third-order valence-electron chi connectivity index (χ3n) is 4.48. The fourth-order valence-electron chi connectivity index (χ4n) is 3.30. The quantitative estimate of drug-likeness (QED) is 0.621. The van der Waals surface area contributed by atoms with E-state index in [1.807, 2.05) is 0 Å². The molecule has 0 amide bonds. The molecule has 7 nitrogen and oxygen atoms in total. The van der Waals surface area contributed by atoms with Crippen LogP contribution in [0.5, 0.6) is 0 Å². The number of aromatic nitrogens is 1. The number of hydrogen-bond acceptors (Lipinski definition) is 6. The minimum Gasteiger partial charge on any atom is -0.379 e. The Bertz CT molecular complexity index is 546. The van der Waals surface area contributed by atoms with Crippen LogP contribution in [0.1, 0.15) is 18.5 Å². The summed E-state index contributed by atoms with van der Waals surface area (Å²) in [6.07, 6.45) is 2.29. The Hall–Kier alpha value is -1.73. The molecule has 22 heavy (non-hydrogen) atoms. The smallest absolute Gasteiger partial charge is 0.290 e. The molecule has 0 N–H and O–H groups in total. The van der Waals surface area contributed by atoms with Crippen molar-refractivity contribution in [1.29, 1.82) is 0 Å². The normalized spacial score (nSPS) is 23.0. The fraction of sp³-hybridized carbons (Fsp3) is 0.667. The molecule has 2 aliphatic rings. The third-order valence-corrected chi connectivity index (χ3v) is 4.48. The minimum atomic E-state index is -0.374. The van der Waals surface area contributed by atoms with Gasteiger partial charge in [-0.3, -0.25) is 15.0 Å². The molecular weight excluding hydrogens is 284 g/mol. The van der Waals surface area contributed by atoms with Crippen LogP contribution >= 0.6 is 0 Å². The molecule has 0 radical (unpaired) electrons. The van der Waals surface area contributed by atoms with Gasteiger partial charge in [0.25, 0.3) is 5.69 Å². The number of hydrogen-bond donors (Lipinski definition) is 0. The lowest BCUT2D eigenvalue weighted by Gasteiger charge is -2.33. The van der Waals surface area contributed by atoms with Crippen LogP contribution in [0, 0.1) is 17.0 Å². The first-order valence-electron chi connectivity index (χ1n) is 7.84. The summed E-state index contributed by atoms with van der Waals surface area (Å²) in [7, 11) is 0. The Kier molecular flexibility index (Phi) is 4.54. The fourth-order valence-corrected chi connectivity index (χ4v) is 3.30. The van der Waals surface area contributed by atoms with Crippen LogP contribution in [-0.4, -0.2) is 60.2 Å². The van der Waals surface area contributed by atoms with Gasteiger partial charge in [-0.1, -0.05) is 0 Å². The second-order valence-electron chi connectivity index (χ2n) is 5.93. The van der Waals surface area contributed by atoms with E-state index in [2.05, 4.69) is 14.8 Å². The summed E-state index contributed by atoms with van der Waals surface area (Å²) >= 11 is 0. The van der Waals surface area contributed by atoms with E-state index in [-0.39, 0.29) is 10.6 Å². The van der Waals surface area contributed by atoms with Gasteiger partial charge in [-0.2, -0.15) is 0 Å². The predicted molar refractivity (Wildman–Crippen MR) is 83.3 cm³/mol. The molecule has 3 heterocycles. The molecule has 2 fully saturated rings. The average molecular weight is 306 g/mol. The molecule has 7 heteroatoms. The summed E-state index contributed by atoms with van der Waals surface area (Å²) in [5.74, 6) is 0.860.